The largest absolute Gasteiger partial charge is 0.370 e. The Morgan fingerprint density at radius 1 is 1.26 bits per heavy atom. The van der Waals surface area contributed by atoms with Crippen LogP contribution in [0, 0.1) is 6.92 Å². The fourth-order valence-corrected chi connectivity index (χ4v) is 1.24. The fraction of sp³-hybridized carbons (Fsp3) is 0.500. The zero-order valence-corrected chi connectivity index (χ0v) is 14.7. The molecule has 0 aromatic heterocycles. The first kappa shape index (κ1) is 18.2. The van der Waals surface area contributed by atoms with Crippen molar-refractivity contribution in [3.63, 3.8) is 0 Å². The first-order chi connectivity index (χ1) is 8.31. The van der Waals surface area contributed by atoms with Crippen LogP contribution < -0.4 is 11.1 Å². The predicted molar refractivity (Wildman–Crippen MR) is 94.5 cm³/mol. The number of aryl methyl sites for hydroxylation is 1. The monoisotopic (exact) mass is 376 g/mol. The number of aliphatic imine (C=N–C) groups is 1. The van der Waals surface area contributed by atoms with Crippen molar-refractivity contribution in [3.8, 4) is 0 Å². The maximum atomic E-state index is 5.87. The molecule has 108 valence electrons. The van der Waals surface area contributed by atoms with Gasteiger partial charge in [-0.15, -0.1) is 24.0 Å². The van der Waals surface area contributed by atoms with E-state index in [1.54, 1.807) is 0 Å². The summed E-state index contributed by atoms with van der Waals surface area (Å²) in [5, 5.41) is 3.09. The van der Waals surface area contributed by atoms with E-state index < -0.39 is 0 Å². The molecule has 1 rings (SSSR count). The molecule has 0 radical (unpaired) electrons. The summed E-state index contributed by atoms with van der Waals surface area (Å²) in [4.78, 5) is 6.51. The standard InChI is InChI=1S/C14H24N4.HI/c1-11-6-8-12(9-7-11)17-13(15)16-10-14(2,3)18(4)5;/h6-9H,10H2,1-5H3,(H3,15,16,17);1H. The minimum atomic E-state index is -0.000421. The zero-order valence-electron chi connectivity index (χ0n) is 12.4. The van der Waals surface area contributed by atoms with Crippen LogP contribution in [-0.4, -0.2) is 37.0 Å². The van der Waals surface area contributed by atoms with Crippen LogP contribution in [-0.2, 0) is 0 Å². The van der Waals surface area contributed by atoms with Gasteiger partial charge < -0.3 is 16.0 Å². The minimum Gasteiger partial charge on any atom is -0.370 e. The van der Waals surface area contributed by atoms with E-state index in [4.69, 9.17) is 5.73 Å². The lowest BCUT2D eigenvalue weighted by Crippen LogP contribution is -2.41. The van der Waals surface area contributed by atoms with Gasteiger partial charge in [0.25, 0.3) is 0 Å². The molecule has 0 atom stereocenters. The minimum absolute atomic E-state index is 0. The molecular formula is C14H25IN4. The van der Waals surface area contributed by atoms with Crippen molar-refractivity contribution in [1.82, 2.24) is 4.90 Å². The number of hydrogen-bond donors (Lipinski definition) is 2. The van der Waals surface area contributed by atoms with E-state index in [0.29, 0.717) is 12.5 Å². The summed E-state index contributed by atoms with van der Waals surface area (Å²) in [5.74, 6) is 0.453. The van der Waals surface area contributed by atoms with E-state index in [1.807, 2.05) is 38.4 Å². The summed E-state index contributed by atoms with van der Waals surface area (Å²) < 4.78 is 0. The molecule has 0 bridgehead atoms. The highest BCUT2D eigenvalue weighted by atomic mass is 127. The predicted octanol–water partition coefficient (Wildman–Crippen LogP) is 2.68. The van der Waals surface area contributed by atoms with Gasteiger partial charge in [0.1, 0.15) is 0 Å². The van der Waals surface area contributed by atoms with Crippen molar-refractivity contribution in [1.29, 1.82) is 0 Å². The van der Waals surface area contributed by atoms with Gasteiger partial charge in [-0.2, -0.15) is 0 Å². The van der Waals surface area contributed by atoms with Crippen molar-refractivity contribution in [3.05, 3.63) is 29.8 Å². The number of anilines is 1. The number of likely N-dealkylation sites (N-methyl/N-ethyl adjacent to an activating group) is 1. The summed E-state index contributed by atoms with van der Waals surface area (Å²) in [6.07, 6.45) is 0. The van der Waals surface area contributed by atoms with Crippen molar-refractivity contribution >= 4 is 35.6 Å². The highest BCUT2D eigenvalue weighted by Gasteiger charge is 2.19. The van der Waals surface area contributed by atoms with Crippen LogP contribution in [0.2, 0.25) is 0 Å². The van der Waals surface area contributed by atoms with Crippen LogP contribution in [0.25, 0.3) is 0 Å². The number of guanidine groups is 1. The maximum Gasteiger partial charge on any atom is 0.193 e. The van der Waals surface area contributed by atoms with E-state index in [1.165, 1.54) is 5.56 Å². The van der Waals surface area contributed by atoms with Gasteiger partial charge in [0.05, 0.1) is 6.54 Å². The number of halogens is 1. The lowest BCUT2D eigenvalue weighted by Gasteiger charge is -2.30. The van der Waals surface area contributed by atoms with Crippen LogP contribution in [0.4, 0.5) is 5.69 Å². The smallest absolute Gasteiger partial charge is 0.193 e. The third kappa shape index (κ3) is 6.24. The zero-order chi connectivity index (χ0) is 13.8. The summed E-state index contributed by atoms with van der Waals surface area (Å²) in [6.45, 7) is 6.98. The highest BCUT2D eigenvalue weighted by Crippen LogP contribution is 2.11. The normalized spacial score (nSPS) is 12.2. The second kappa shape index (κ2) is 7.69. The molecule has 0 unspecified atom stereocenters. The molecule has 0 aliphatic carbocycles. The van der Waals surface area contributed by atoms with Gasteiger partial charge in [0.15, 0.2) is 5.96 Å². The Kier molecular flexibility index (Phi) is 7.36. The van der Waals surface area contributed by atoms with E-state index in [2.05, 4.69) is 36.0 Å². The van der Waals surface area contributed by atoms with Gasteiger partial charge in [0.2, 0.25) is 0 Å². The Balaban J connectivity index is 0.00000324. The average molecular weight is 376 g/mol. The lowest BCUT2D eigenvalue weighted by atomic mass is 10.1. The van der Waals surface area contributed by atoms with Gasteiger partial charge in [-0.25, -0.2) is 0 Å². The van der Waals surface area contributed by atoms with Crippen LogP contribution in [0.3, 0.4) is 0 Å². The second-order valence-electron chi connectivity index (χ2n) is 5.40. The van der Waals surface area contributed by atoms with Gasteiger partial charge in [-0.1, -0.05) is 17.7 Å². The molecule has 0 amide bonds. The third-order valence-corrected chi connectivity index (χ3v) is 3.17. The first-order valence-corrected chi connectivity index (χ1v) is 6.12. The fourth-order valence-electron chi connectivity index (χ4n) is 1.24. The molecule has 0 saturated carbocycles. The van der Waals surface area contributed by atoms with Crippen LogP contribution in [0.15, 0.2) is 29.3 Å². The van der Waals surface area contributed by atoms with Crippen LogP contribution >= 0.6 is 24.0 Å². The molecule has 0 spiro atoms. The van der Waals surface area contributed by atoms with E-state index >= 15 is 0 Å². The van der Waals surface area contributed by atoms with Gasteiger partial charge in [-0.05, 0) is 47.0 Å². The number of benzene rings is 1. The topological polar surface area (TPSA) is 53.6 Å². The molecular weight excluding hydrogens is 351 g/mol. The third-order valence-electron chi connectivity index (χ3n) is 3.17. The average Bonchev–Trinajstić information content (AvgIpc) is 2.29. The molecule has 3 N–H and O–H groups in total. The van der Waals surface area contributed by atoms with Gasteiger partial charge in [0, 0.05) is 11.2 Å². The number of nitrogens with zero attached hydrogens (tertiary/aromatic N) is 2. The number of nitrogens with two attached hydrogens (primary N) is 1. The van der Waals surface area contributed by atoms with Crippen molar-refractivity contribution in [2.75, 3.05) is 26.0 Å². The molecule has 4 nitrogen and oxygen atoms in total. The highest BCUT2D eigenvalue weighted by molar-refractivity contribution is 14.0. The van der Waals surface area contributed by atoms with Crippen molar-refractivity contribution in [2.45, 2.75) is 26.3 Å². The lowest BCUT2D eigenvalue weighted by molar-refractivity contribution is 0.205. The molecule has 5 heteroatoms. The van der Waals surface area contributed by atoms with E-state index in [0.717, 1.165) is 5.69 Å². The molecule has 0 saturated heterocycles. The number of nitrogens with one attached hydrogen (secondary N) is 1. The first-order valence-electron chi connectivity index (χ1n) is 6.12. The van der Waals surface area contributed by atoms with Gasteiger partial charge >= 0.3 is 0 Å². The Hall–Kier alpha value is -0.820. The molecule has 0 heterocycles. The SMILES string of the molecule is Cc1ccc(NC(N)=NCC(C)(C)N(C)C)cc1.I. The second-order valence-corrected chi connectivity index (χ2v) is 5.40. The number of rotatable bonds is 4. The molecule has 0 fully saturated rings. The quantitative estimate of drug-likeness (QED) is 0.483. The van der Waals surface area contributed by atoms with Crippen molar-refractivity contribution < 1.29 is 0 Å². The molecule has 19 heavy (non-hydrogen) atoms. The maximum absolute atomic E-state index is 5.87. The Morgan fingerprint density at radius 2 is 1.79 bits per heavy atom. The summed E-state index contributed by atoms with van der Waals surface area (Å²) in [6, 6.07) is 8.07. The van der Waals surface area contributed by atoms with Crippen LogP contribution in [0.1, 0.15) is 19.4 Å². The van der Waals surface area contributed by atoms with Crippen LogP contribution in [0.5, 0.6) is 0 Å². The Labute approximate surface area is 133 Å². The molecule has 1 aromatic rings. The summed E-state index contributed by atoms with van der Waals surface area (Å²) in [5.41, 5.74) is 8.06. The molecule has 1 aromatic carbocycles. The molecule has 0 aliphatic heterocycles. The molecule has 0 aliphatic rings. The number of hydrogen-bond acceptors (Lipinski definition) is 2. The van der Waals surface area contributed by atoms with Gasteiger partial charge in [-0.3, -0.25) is 4.99 Å². The Morgan fingerprint density at radius 3 is 2.26 bits per heavy atom. The van der Waals surface area contributed by atoms with E-state index in [-0.39, 0.29) is 29.5 Å². The summed E-state index contributed by atoms with van der Waals surface area (Å²) in [7, 11) is 4.08. The summed E-state index contributed by atoms with van der Waals surface area (Å²) >= 11 is 0. The van der Waals surface area contributed by atoms with E-state index in [9.17, 15) is 0 Å². The van der Waals surface area contributed by atoms with Crippen molar-refractivity contribution in [2.24, 2.45) is 10.7 Å². The Bertz CT molecular complexity index is 410.